The Hall–Kier alpha value is -4.15. The summed E-state index contributed by atoms with van der Waals surface area (Å²) in [6, 6.07) is 12.4. The van der Waals surface area contributed by atoms with Crippen LogP contribution in [0.5, 0.6) is 0 Å². The van der Waals surface area contributed by atoms with E-state index >= 15 is 0 Å². The first-order valence-corrected chi connectivity index (χ1v) is 10.3. The molecule has 3 aromatic rings. The smallest absolute Gasteiger partial charge is 0.416 e. The minimum atomic E-state index is -4.50. The summed E-state index contributed by atoms with van der Waals surface area (Å²) in [6.07, 6.45) is -3.67. The Kier molecular flexibility index (Phi) is 6.35. The van der Waals surface area contributed by atoms with Gasteiger partial charge in [0.25, 0.3) is 0 Å². The molecule has 1 atom stereocenters. The number of hydrogen-bond acceptors (Lipinski definition) is 6. The molecule has 0 aliphatic carbocycles. The Morgan fingerprint density at radius 1 is 1.15 bits per heavy atom. The van der Waals surface area contributed by atoms with Crippen molar-refractivity contribution in [1.82, 2.24) is 9.97 Å². The van der Waals surface area contributed by atoms with Crippen molar-refractivity contribution in [3.63, 3.8) is 0 Å². The van der Waals surface area contributed by atoms with Gasteiger partial charge in [0.05, 0.1) is 30.0 Å². The number of anilines is 3. The Morgan fingerprint density at radius 2 is 1.97 bits per heavy atom. The van der Waals surface area contributed by atoms with Gasteiger partial charge in [-0.05, 0) is 36.4 Å². The first kappa shape index (κ1) is 23.0. The number of carbonyl (C=O) groups is 2. The molecule has 2 amide bonds. The molecule has 1 aromatic carbocycles. The van der Waals surface area contributed by atoms with Gasteiger partial charge in [-0.25, -0.2) is 14.8 Å². The molecular formula is C23H20F3N5O3. The molecule has 34 heavy (non-hydrogen) atoms. The summed E-state index contributed by atoms with van der Waals surface area (Å²) in [4.78, 5) is 34.5. The zero-order chi connectivity index (χ0) is 24.3. The van der Waals surface area contributed by atoms with Gasteiger partial charge < -0.3 is 10.1 Å². The molecule has 11 heteroatoms. The fourth-order valence-electron chi connectivity index (χ4n) is 3.49. The van der Waals surface area contributed by atoms with Gasteiger partial charge in [0, 0.05) is 18.7 Å². The number of nitrogens with zero attached hydrogens (tertiary/aromatic N) is 3. The average Bonchev–Trinajstić information content (AvgIpc) is 2.98. The largest absolute Gasteiger partial charge is 0.459 e. The molecule has 2 N–H and O–H groups in total. The third kappa shape index (κ3) is 5.25. The van der Waals surface area contributed by atoms with Crippen molar-refractivity contribution in [2.24, 2.45) is 0 Å². The Labute approximate surface area is 192 Å². The number of ether oxygens (including phenoxy) is 1. The Bertz CT molecular complexity index is 1200. The summed E-state index contributed by atoms with van der Waals surface area (Å²) < 4.78 is 44.9. The van der Waals surface area contributed by atoms with Crippen molar-refractivity contribution in [3.8, 4) is 11.3 Å². The average molecular weight is 471 g/mol. The summed E-state index contributed by atoms with van der Waals surface area (Å²) in [5.41, 5.74) is 0.137. The van der Waals surface area contributed by atoms with E-state index in [1.54, 1.807) is 30.3 Å². The van der Waals surface area contributed by atoms with Crippen LogP contribution in [0, 0.1) is 0 Å². The van der Waals surface area contributed by atoms with Crippen LogP contribution in [0.25, 0.3) is 11.3 Å². The maximum absolute atomic E-state index is 13.2. The van der Waals surface area contributed by atoms with Gasteiger partial charge in [-0.15, -0.1) is 0 Å². The molecule has 0 unspecified atom stereocenters. The highest BCUT2D eigenvalue weighted by atomic mass is 19.4. The second kappa shape index (κ2) is 9.38. The molecule has 0 saturated carbocycles. The van der Waals surface area contributed by atoms with E-state index in [2.05, 4.69) is 20.6 Å². The highest BCUT2D eigenvalue weighted by Crippen LogP contribution is 2.34. The Morgan fingerprint density at radius 3 is 2.68 bits per heavy atom. The van der Waals surface area contributed by atoms with E-state index in [1.807, 2.05) is 0 Å². The van der Waals surface area contributed by atoms with Gasteiger partial charge in [-0.3, -0.25) is 15.0 Å². The lowest BCUT2D eigenvalue weighted by Gasteiger charge is -2.24. The molecule has 1 aliphatic heterocycles. The number of amides is 2. The lowest BCUT2D eigenvalue weighted by atomic mass is 10.1. The van der Waals surface area contributed by atoms with Crippen molar-refractivity contribution in [3.05, 3.63) is 66.4 Å². The molecule has 1 aliphatic rings. The van der Waals surface area contributed by atoms with Crippen LogP contribution in [0.15, 0.2) is 60.8 Å². The molecule has 0 radical (unpaired) electrons. The minimum absolute atomic E-state index is 0.0305. The second-order valence-electron chi connectivity index (χ2n) is 7.51. The molecule has 0 saturated heterocycles. The molecule has 4 rings (SSSR count). The lowest BCUT2D eigenvalue weighted by Crippen LogP contribution is -2.42. The van der Waals surface area contributed by atoms with E-state index in [0.717, 1.165) is 12.1 Å². The number of halogens is 3. The predicted octanol–water partition coefficient (Wildman–Crippen LogP) is 4.56. The van der Waals surface area contributed by atoms with Crippen molar-refractivity contribution < 1.29 is 27.5 Å². The van der Waals surface area contributed by atoms with Crippen LogP contribution in [0.1, 0.15) is 12.5 Å². The number of pyridine rings is 2. The van der Waals surface area contributed by atoms with E-state index in [9.17, 15) is 22.8 Å². The number of fused-ring (bicyclic) bond motifs is 1. The SMILES string of the molecule is CC(=O)O[C@@H]1CNc2ccc(-c3cccc(C(F)(F)F)c3)nc2N(C(=O)Nc2ccccn2)C1. The first-order chi connectivity index (χ1) is 16.2. The predicted molar refractivity (Wildman–Crippen MR) is 119 cm³/mol. The minimum Gasteiger partial charge on any atom is -0.459 e. The molecule has 2 aromatic heterocycles. The van der Waals surface area contributed by atoms with Crippen molar-refractivity contribution in [2.75, 3.05) is 28.6 Å². The number of rotatable bonds is 3. The fraction of sp³-hybridized carbons (Fsp3) is 0.217. The zero-order valence-corrected chi connectivity index (χ0v) is 18.0. The lowest BCUT2D eigenvalue weighted by molar-refractivity contribution is -0.145. The van der Waals surface area contributed by atoms with E-state index in [1.165, 1.54) is 30.2 Å². The maximum atomic E-state index is 13.2. The van der Waals surface area contributed by atoms with Crippen LogP contribution in [-0.4, -0.2) is 41.2 Å². The highest BCUT2D eigenvalue weighted by molar-refractivity contribution is 6.03. The van der Waals surface area contributed by atoms with Gasteiger partial charge in [-0.2, -0.15) is 13.2 Å². The third-order valence-electron chi connectivity index (χ3n) is 5.00. The summed E-state index contributed by atoms with van der Waals surface area (Å²) in [5.74, 6) is -0.0391. The quantitative estimate of drug-likeness (QED) is 0.544. The number of benzene rings is 1. The number of esters is 1. The normalized spacial score (nSPS) is 15.5. The van der Waals surface area contributed by atoms with Gasteiger partial charge in [0.15, 0.2) is 5.82 Å². The zero-order valence-electron chi connectivity index (χ0n) is 18.0. The number of carbonyl (C=O) groups excluding carboxylic acids is 2. The third-order valence-corrected chi connectivity index (χ3v) is 5.00. The fourth-order valence-corrected chi connectivity index (χ4v) is 3.49. The number of urea groups is 1. The van der Waals surface area contributed by atoms with Gasteiger partial charge in [0.2, 0.25) is 0 Å². The molecule has 0 bridgehead atoms. The summed E-state index contributed by atoms with van der Waals surface area (Å²) in [5, 5.41) is 5.75. The van der Waals surface area contributed by atoms with E-state index in [4.69, 9.17) is 4.74 Å². The van der Waals surface area contributed by atoms with Gasteiger partial charge >= 0.3 is 18.2 Å². The highest BCUT2D eigenvalue weighted by Gasteiger charge is 2.32. The second-order valence-corrected chi connectivity index (χ2v) is 7.51. The molecule has 176 valence electrons. The molecule has 0 spiro atoms. The first-order valence-electron chi connectivity index (χ1n) is 10.3. The van der Waals surface area contributed by atoms with Crippen LogP contribution >= 0.6 is 0 Å². The molecular weight excluding hydrogens is 451 g/mol. The number of nitrogens with one attached hydrogen (secondary N) is 2. The summed E-state index contributed by atoms with van der Waals surface area (Å²) in [6.45, 7) is 1.45. The van der Waals surface area contributed by atoms with Gasteiger partial charge in [0.1, 0.15) is 11.9 Å². The summed E-state index contributed by atoms with van der Waals surface area (Å²) in [7, 11) is 0. The summed E-state index contributed by atoms with van der Waals surface area (Å²) >= 11 is 0. The van der Waals surface area contributed by atoms with Crippen molar-refractivity contribution in [1.29, 1.82) is 0 Å². The van der Waals surface area contributed by atoms with E-state index < -0.39 is 29.8 Å². The van der Waals surface area contributed by atoms with Crippen molar-refractivity contribution in [2.45, 2.75) is 19.2 Å². The maximum Gasteiger partial charge on any atom is 0.416 e. The standard InChI is InChI=1S/C23H20F3N5O3/c1-14(32)34-17-12-28-19-9-8-18(15-5-4-6-16(11-15)23(24,25)26)29-21(19)31(13-17)22(33)30-20-7-2-3-10-27-20/h2-11,17,28H,12-13H2,1H3,(H,27,30,33)/t17-/m1/s1. The van der Waals surface area contributed by atoms with Crippen LogP contribution in [0.3, 0.4) is 0 Å². The Balaban J connectivity index is 1.72. The van der Waals surface area contributed by atoms with Crippen LogP contribution < -0.4 is 15.5 Å². The van der Waals surface area contributed by atoms with E-state index in [0.29, 0.717) is 11.5 Å². The van der Waals surface area contributed by atoms with Crippen molar-refractivity contribution >= 4 is 29.3 Å². The number of hydrogen-bond donors (Lipinski definition) is 2. The number of alkyl halides is 3. The topological polar surface area (TPSA) is 96.5 Å². The van der Waals surface area contributed by atoms with Crippen LogP contribution in [0.4, 0.5) is 35.3 Å². The van der Waals surface area contributed by atoms with Gasteiger partial charge in [-0.1, -0.05) is 18.2 Å². The molecule has 3 heterocycles. The van der Waals surface area contributed by atoms with E-state index in [-0.39, 0.29) is 30.2 Å². The van der Waals surface area contributed by atoms with Crippen LogP contribution in [0.2, 0.25) is 0 Å². The molecule has 0 fully saturated rings. The number of aromatic nitrogens is 2. The monoisotopic (exact) mass is 471 g/mol. The van der Waals surface area contributed by atoms with Crippen LogP contribution in [-0.2, 0) is 15.7 Å². The molecule has 8 nitrogen and oxygen atoms in total.